The number of aryl methyl sites for hydroxylation is 1. The van der Waals surface area contributed by atoms with E-state index in [0.29, 0.717) is 34.7 Å². The van der Waals surface area contributed by atoms with Gasteiger partial charge >= 0.3 is 0 Å². The van der Waals surface area contributed by atoms with Crippen molar-refractivity contribution in [1.82, 2.24) is 30.4 Å². The van der Waals surface area contributed by atoms with E-state index in [1.165, 1.54) is 10.9 Å². The lowest BCUT2D eigenvalue weighted by molar-refractivity contribution is 0.414. The van der Waals surface area contributed by atoms with Gasteiger partial charge in [-0.1, -0.05) is 0 Å². The summed E-state index contributed by atoms with van der Waals surface area (Å²) in [5.74, 6) is 1.74. The lowest BCUT2D eigenvalue weighted by Gasteiger charge is -1.98. The van der Waals surface area contributed by atoms with E-state index in [4.69, 9.17) is 4.42 Å². The number of nitrogens with zero attached hydrogens (tertiary/aromatic N) is 6. The Balaban J connectivity index is 1.53. The standard InChI is InChI=1S/C14H13FN6O/c1-8-6-10(4-5-11(8)15)13-17-20-21(19-13)7-12-16-18-14(22-12)9-2-3-9/h4-6,9H,2-3,7H2,1H3. The molecule has 0 amide bonds. The van der Waals surface area contributed by atoms with Crippen molar-refractivity contribution in [3.05, 3.63) is 41.4 Å². The maximum atomic E-state index is 13.3. The lowest BCUT2D eigenvalue weighted by atomic mass is 10.1. The SMILES string of the molecule is Cc1cc(-c2nnn(Cc3nnc(C4CC4)o3)n2)ccc1F. The van der Waals surface area contributed by atoms with Gasteiger partial charge in [-0.25, -0.2) is 4.39 Å². The van der Waals surface area contributed by atoms with Crippen molar-refractivity contribution in [1.29, 1.82) is 0 Å². The van der Waals surface area contributed by atoms with Crippen LogP contribution in [0.15, 0.2) is 22.6 Å². The predicted octanol–water partition coefficient (Wildman–Crippen LogP) is 2.10. The molecule has 2 heterocycles. The van der Waals surface area contributed by atoms with Gasteiger partial charge in [-0.15, -0.1) is 20.4 Å². The van der Waals surface area contributed by atoms with E-state index >= 15 is 0 Å². The minimum atomic E-state index is -0.255. The van der Waals surface area contributed by atoms with Crippen LogP contribution >= 0.6 is 0 Å². The van der Waals surface area contributed by atoms with Crippen molar-refractivity contribution in [2.45, 2.75) is 32.2 Å². The Kier molecular flexibility index (Phi) is 2.95. The molecule has 2 aromatic heterocycles. The van der Waals surface area contributed by atoms with Gasteiger partial charge in [-0.2, -0.15) is 4.80 Å². The first-order chi connectivity index (χ1) is 10.7. The maximum Gasteiger partial charge on any atom is 0.239 e. The van der Waals surface area contributed by atoms with Crippen LogP contribution in [0.4, 0.5) is 4.39 Å². The molecule has 0 spiro atoms. The topological polar surface area (TPSA) is 82.5 Å². The second-order valence-corrected chi connectivity index (χ2v) is 5.42. The highest BCUT2D eigenvalue weighted by atomic mass is 19.1. The Morgan fingerprint density at radius 1 is 1.27 bits per heavy atom. The molecule has 1 fully saturated rings. The van der Waals surface area contributed by atoms with Crippen molar-refractivity contribution in [3.63, 3.8) is 0 Å². The summed E-state index contributed by atoms with van der Waals surface area (Å²) in [6.45, 7) is 1.97. The van der Waals surface area contributed by atoms with Gasteiger partial charge in [0.15, 0.2) is 0 Å². The molecule has 3 aromatic rings. The van der Waals surface area contributed by atoms with Crippen LogP contribution in [-0.2, 0) is 6.54 Å². The summed E-state index contributed by atoms with van der Waals surface area (Å²) in [4.78, 5) is 1.39. The number of hydrogen-bond acceptors (Lipinski definition) is 6. The summed E-state index contributed by atoms with van der Waals surface area (Å²) in [6.07, 6.45) is 2.22. The van der Waals surface area contributed by atoms with Gasteiger partial charge < -0.3 is 4.42 Å². The first-order valence-electron chi connectivity index (χ1n) is 7.05. The van der Waals surface area contributed by atoms with Gasteiger partial charge in [0.1, 0.15) is 12.4 Å². The molecule has 0 N–H and O–H groups in total. The summed E-state index contributed by atoms with van der Waals surface area (Å²) in [5, 5.41) is 20.2. The number of halogens is 1. The molecule has 0 bridgehead atoms. The van der Waals surface area contributed by atoms with Crippen molar-refractivity contribution in [2.75, 3.05) is 0 Å². The summed E-state index contributed by atoms with van der Waals surface area (Å²) >= 11 is 0. The molecule has 1 aliphatic rings. The second-order valence-electron chi connectivity index (χ2n) is 5.42. The zero-order valence-electron chi connectivity index (χ0n) is 11.9. The quantitative estimate of drug-likeness (QED) is 0.733. The smallest absolute Gasteiger partial charge is 0.239 e. The fraction of sp³-hybridized carbons (Fsp3) is 0.357. The van der Waals surface area contributed by atoms with Crippen molar-refractivity contribution in [3.8, 4) is 11.4 Å². The molecule has 4 rings (SSSR count). The largest absolute Gasteiger partial charge is 0.423 e. The molecule has 0 aliphatic heterocycles. The van der Waals surface area contributed by atoms with E-state index in [9.17, 15) is 4.39 Å². The second kappa shape index (κ2) is 4.97. The third-order valence-electron chi connectivity index (χ3n) is 3.55. The highest BCUT2D eigenvalue weighted by Gasteiger charge is 2.29. The molecule has 1 saturated carbocycles. The Bertz CT molecular complexity index is 822. The Labute approximate surface area is 125 Å². The van der Waals surface area contributed by atoms with E-state index < -0.39 is 0 Å². The van der Waals surface area contributed by atoms with Crippen molar-refractivity contribution >= 4 is 0 Å². The van der Waals surface area contributed by atoms with Crippen molar-refractivity contribution in [2.24, 2.45) is 0 Å². The molecular weight excluding hydrogens is 287 g/mol. The Morgan fingerprint density at radius 3 is 2.91 bits per heavy atom. The fourth-order valence-corrected chi connectivity index (χ4v) is 2.16. The van der Waals surface area contributed by atoms with E-state index in [1.807, 2.05) is 0 Å². The number of aromatic nitrogens is 6. The van der Waals surface area contributed by atoms with Gasteiger partial charge in [-0.3, -0.25) is 0 Å². The fourth-order valence-electron chi connectivity index (χ4n) is 2.16. The van der Waals surface area contributed by atoms with Gasteiger partial charge in [0.05, 0.1) is 0 Å². The first kappa shape index (κ1) is 13.1. The van der Waals surface area contributed by atoms with Gasteiger partial charge in [-0.05, 0) is 48.7 Å². The van der Waals surface area contributed by atoms with Gasteiger partial charge in [0.25, 0.3) is 0 Å². The summed E-state index contributed by atoms with van der Waals surface area (Å²) in [7, 11) is 0. The van der Waals surface area contributed by atoms with Crippen LogP contribution in [0.5, 0.6) is 0 Å². The predicted molar refractivity (Wildman–Crippen MR) is 73.3 cm³/mol. The summed E-state index contributed by atoms with van der Waals surface area (Å²) in [6, 6.07) is 4.71. The van der Waals surface area contributed by atoms with Crippen LogP contribution in [-0.4, -0.2) is 30.4 Å². The molecule has 1 aromatic carbocycles. The molecule has 8 heteroatoms. The van der Waals surface area contributed by atoms with Crippen LogP contribution in [0.25, 0.3) is 11.4 Å². The van der Waals surface area contributed by atoms with Crippen LogP contribution in [0.1, 0.15) is 36.1 Å². The van der Waals surface area contributed by atoms with Crippen LogP contribution in [0.3, 0.4) is 0 Å². The minimum absolute atomic E-state index is 0.255. The van der Waals surface area contributed by atoms with E-state index in [2.05, 4.69) is 25.6 Å². The molecule has 0 saturated heterocycles. The highest BCUT2D eigenvalue weighted by Crippen LogP contribution is 2.39. The third-order valence-corrected chi connectivity index (χ3v) is 3.55. The first-order valence-corrected chi connectivity index (χ1v) is 7.05. The number of rotatable bonds is 4. The average Bonchev–Trinajstić information content (AvgIpc) is 3.08. The lowest BCUT2D eigenvalue weighted by Crippen LogP contribution is -2.04. The third kappa shape index (κ3) is 2.47. The van der Waals surface area contributed by atoms with Crippen molar-refractivity contribution < 1.29 is 8.81 Å². The molecular formula is C14H13FN6O. The van der Waals surface area contributed by atoms with E-state index in [-0.39, 0.29) is 12.4 Å². The average molecular weight is 300 g/mol. The van der Waals surface area contributed by atoms with E-state index in [0.717, 1.165) is 12.8 Å². The zero-order valence-corrected chi connectivity index (χ0v) is 11.9. The van der Waals surface area contributed by atoms with Crippen LogP contribution in [0.2, 0.25) is 0 Å². The number of tetrazole rings is 1. The zero-order chi connectivity index (χ0) is 15.1. The Hall–Kier alpha value is -2.64. The molecule has 7 nitrogen and oxygen atoms in total. The normalized spacial score (nSPS) is 14.5. The minimum Gasteiger partial charge on any atom is -0.423 e. The maximum absolute atomic E-state index is 13.3. The molecule has 0 radical (unpaired) electrons. The number of hydrogen-bond donors (Lipinski definition) is 0. The summed E-state index contributed by atoms with van der Waals surface area (Å²) < 4.78 is 18.9. The molecule has 1 aliphatic carbocycles. The van der Waals surface area contributed by atoms with Gasteiger partial charge in [0, 0.05) is 11.5 Å². The summed E-state index contributed by atoms with van der Waals surface area (Å²) in [5.41, 5.74) is 1.26. The number of benzene rings is 1. The monoisotopic (exact) mass is 300 g/mol. The van der Waals surface area contributed by atoms with Gasteiger partial charge in [0.2, 0.25) is 17.6 Å². The molecule has 0 unspecified atom stereocenters. The van der Waals surface area contributed by atoms with Crippen LogP contribution in [0, 0.1) is 12.7 Å². The van der Waals surface area contributed by atoms with E-state index in [1.54, 1.807) is 19.1 Å². The molecule has 22 heavy (non-hydrogen) atoms. The van der Waals surface area contributed by atoms with Crippen LogP contribution < -0.4 is 0 Å². The highest BCUT2D eigenvalue weighted by molar-refractivity contribution is 5.55. The Morgan fingerprint density at radius 2 is 2.14 bits per heavy atom. The molecule has 112 valence electrons. The molecule has 0 atom stereocenters.